The molecule has 4 aliphatic heterocycles. The Hall–Kier alpha value is -2.89. The summed E-state index contributed by atoms with van der Waals surface area (Å²) in [7, 11) is 0. The molecule has 16 heteroatoms. The van der Waals surface area contributed by atoms with Crippen molar-refractivity contribution in [2.24, 2.45) is 5.92 Å². The average molecular weight is 597 g/mol. The molecule has 0 saturated carbocycles. The van der Waals surface area contributed by atoms with Crippen LogP contribution in [0.25, 0.3) is 0 Å². The van der Waals surface area contributed by atoms with E-state index in [1.54, 1.807) is 6.92 Å². The standard InChI is InChI=1S/C26H44N8O8/c1-3-15(2)21(36)25(40)33-19(9-6-12-29-33)23(38)31-17(7-4-10-27-31)22(37)32-18(8-5-11-28-32)24(39)34-20(26(41)42)13-16(35)14-30-34/h15-21,27-30,35-36H,3-14H2,1-2H3,(H,41,42). The Kier molecular flexibility index (Phi) is 10.7. The normalized spacial score (nSPS) is 30.4. The lowest BCUT2D eigenvalue weighted by Gasteiger charge is -2.45. The van der Waals surface area contributed by atoms with E-state index in [1.165, 1.54) is 15.0 Å². The van der Waals surface area contributed by atoms with Crippen LogP contribution in [0.3, 0.4) is 0 Å². The summed E-state index contributed by atoms with van der Waals surface area (Å²) >= 11 is 0. The zero-order valence-electron chi connectivity index (χ0n) is 24.2. The third-order valence-corrected chi connectivity index (χ3v) is 8.57. The lowest BCUT2D eigenvalue weighted by molar-refractivity contribution is -0.171. The molecule has 0 aromatic carbocycles. The van der Waals surface area contributed by atoms with Crippen molar-refractivity contribution in [3.63, 3.8) is 0 Å². The first-order valence-corrected chi connectivity index (χ1v) is 14.9. The van der Waals surface area contributed by atoms with E-state index in [0.717, 1.165) is 5.01 Å². The highest BCUT2D eigenvalue weighted by molar-refractivity contribution is 5.95. The van der Waals surface area contributed by atoms with Gasteiger partial charge in [0.2, 0.25) is 0 Å². The van der Waals surface area contributed by atoms with Gasteiger partial charge in [-0.3, -0.25) is 39.2 Å². The van der Waals surface area contributed by atoms with Crippen LogP contribution in [0, 0.1) is 5.92 Å². The molecule has 236 valence electrons. The number of carboxylic acids is 1. The second kappa shape index (κ2) is 14.1. The minimum atomic E-state index is -1.30. The first-order chi connectivity index (χ1) is 20.1. The SMILES string of the molecule is CCC(C)C(O)C(=O)N1NCCCC1C(=O)N1NCCCC1C(=O)N1NCCCC1C(=O)N1NCC(O)CC1C(=O)O. The molecule has 7 unspecified atom stereocenters. The van der Waals surface area contributed by atoms with Crippen LogP contribution in [0.15, 0.2) is 0 Å². The number of hydrogen-bond donors (Lipinski definition) is 7. The smallest absolute Gasteiger partial charge is 0.328 e. The molecule has 4 aliphatic rings. The Morgan fingerprint density at radius 1 is 0.738 bits per heavy atom. The number of amides is 4. The minimum Gasteiger partial charge on any atom is -0.480 e. The third kappa shape index (κ3) is 6.68. The second-order valence-corrected chi connectivity index (χ2v) is 11.5. The Morgan fingerprint density at radius 2 is 1.17 bits per heavy atom. The zero-order chi connectivity index (χ0) is 30.6. The summed E-state index contributed by atoms with van der Waals surface area (Å²) < 4.78 is 0. The molecule has 0 bridgehead atoms. The molecule has 7 atom stereocenters. The summed E-state index contributed by atoms with van der Waals surface area (Å²) in [5.41, 5.74) is 11.6. The second-order valence-electron chi connectivity index (χ2n) is 11.5. The number of aliphatic hydroxyl groups is 2. The number of β-amino-alcohol motifs (C(OH)–C–C–N with tert-alkyl or cyclic N) is 1. The molecule has 0 aliphatic carbocycles. The lowest BCUT2D eigenvalue weighted by Crippen LogP contribution is -2.70. The van der Waals surface area contributed by atoms with E-state index in [-0.39, 0.29) is 25.3 Å². The largest absolute Gasteiger partial charge is 0.480 e. The van der Waals surface area contributed by atoms with Gasteiger partial charge in [0.05, 0.1) is 6.10 Å². The Balaban J connectivity index is 1.53. The molecule has 16 nitrogen and oxygen atoms in total. The van der Waals surface area contributed by atoms with Crippen LogP contribution < -0.4 is 21.7 Å². The fourth-order valence-electron chi connectivity index (χ4n) is 5.89. The maximum absolute atomic E-state index is 14.0. The van der Waals surface area contributed by atoms with E-state index in [1.807, 2.05) is 6.92 Å². The number of aliphatic carboxylic acids is 1. The van der Waals surface area contributed by atoms with Crippen LogP contribution in [-0.2, 0) is 24.0 Å². The van der Waals surface area contributed by atoms with E-state index >= 15 is 0 Å². The first-order valence-electron chi connectivity index (χ1n) is 14.9. The molecular weight excluding hydrogens is 552 g/mol. The van der Waals surface area contributed by atoms with Gasteiger partial charge in [0.15, 0.2) is 0 Å². The minimum absolute atomic E-state index is 0.00514. The molecule has 7 N–H and O–H groups in total. The van der Waals surface area contributed by atoms with Gasteiger partial charge in [0.25, 0.3) is 23.6 Å². The van der Waals surface area contributed by atoms with Crippen molar-refractivity contribution in [3.8, 4) is 0 Å². The van der Waals surface area contributed by atoms with Crippen LogP contribution in [0.1, 0.15) is 65.2 Å². The number of nitrogens with zero attached hydrogens (tertiary/aromatic N) is 4. The molecule has 0 aromatic heterocycles. The van der Waals surface area contributed by atoms with Gasteiger partial charge in [0.1, 0.15) is 30.3 Å². The highest BCUT2D eigenvalue weighted by Crippen LogP contribution is 2.24. The molecule has 4 heterocycles. The van der Waals surface area contributed by atoms with E-state index < -0.39 is 66.0 Å². The van der Waals surface area contributed by atoms with Crippen molar-refractivity contribution in [2.45, 2.75) is 102 Å². The predicted octanol–water partition coefficient (Wildman–Crippen LogP) is -2.57. The van der Waals surface area contributed by atoms with E-state index in [9.17, 15) is 39.3 Å². The predicted molar refractivity (Wildman–Crippen MR) is 146 cm³/mol. The number of carboxylic acid groups (broad SMARTS) is 1. The molecule has 0 radical (unpaired) electrons. The maximum Gasteiger partial charge on any atom is 0.328 e. The quantitative estimate of drug-likeness (QED) is 0.162. The molecule has 4 saturated heterocycles. The molecule has 0 spiro atoms. The molecule has 0 aromatic rings. The maximum atomic E-state index is 14.0. The summed E-state index contributed by atoms with van der Waals surface area (Å²) in [4.78, 5) is 66.6. The highest BCUT2D eigenvalue weighted by Gasteiger charge is 2.47. The van der Waals surface area contributed by atoms with Crippen LogP contribution in [0.5, 0.6) is 0 Å². The average Bonchev–Trinajstić information content (AvgIpc) is 3.02. The van der Waals surface area contributed by atoms with Gasteiger partial charge in [-0.1, -0.05) is 20.3 Å². The van der Waals surface area contributed by atoms with Crippen molar-refractivity contribution in [1.29, 1.82) is 0 Å². The van der Waals surface area contributed by atoms with E-state index in [0.29, 0.717) is 58.2 Å². The van der Waals surface area contributed by atoms with Crippen molar-refractivity contribution in [2.75, 3.05) is 26.2 Å². The number of aliphatic hydroxyl groups excluding tert-OH is 2. The van der Waals surface area contributed by atoms with Gasteiger partial charge < -0.3 is 15.3 Å². The summed E-state index contributed by atoms with van der Waals surface area (Å²) in [5.74, 6) is -3.83. The van der Waals surface area contributed by atoms with E-state index in [4.69, 9.17) is 0 Å². The summed E-state index contributed by atoms with van der Waals surface area (Å²) in [5, 5.41) is 34.8. The van der Waals surface area contributed by atoms with Gasteiger partial charge in [-0.25, -0.2) is 26.5 Å². The third-order valence-electron chi connectivity index (χ3n) is 8.57. The van der Waals surface area contributed by atoms with Crippen LogP contribution >= 0.6 is 0 Å². The van der Waals surface area contributed by atoms with Crippen molar-refractivity contribution >= 4 is 29.6 Å². The molecule has 4 fully saturated rings. The highest BCUT2D eigenvalue weighted by atomic mass is 16.4. The monoisotopic (exact) mass is 596 g/mol. The Bertz CT molecular complexity index is 1030. The van der Waals surface area contributed by atoms with Crippen molar-refractivity contribution < 1.29 is 39.3 Å². The fraction of sp³-hybridized carbons (Fsp3) is 0.808. The molecule has 42 heavy (non-hydrogen) atoms. The van der Waals surface area contributed by atoms with Gasteiger partial charge in [0, 0.05) is 32.6 Å². The summed E-state index contributed by atoms with van der Waals surface area (Å²) in [6.07, 6.45) is 0.895. The number of carbonyl (C=O) groups is 5. The number of carbonyl (C=O) groups excluding carboxylic acids is 4. The van der Waals surface area contributed by atoms with E-state index in [2.05, 4.69) is 21.7 Å². The molecular formula is C26H44N8O8. The van der Waals surface area contributed by atoms with Crippen molar-refractivity contribution in [1.82, 2.24) is 41.7 Å². The van der Waals surface area contributed by atoms with Crippen molar-refractivity contribution in [3.05, 3.63) is 0 Å². The zero-order valence-corrected chi connectivity index (χ0v) is 24.2. The fourth-order valence-corrected chi connectivity index (χ4v) is 5.89. The van der Waals surface area contributed by atoms with Gasteiger partial charge in [-0.2, -0.15) is 0 Å². The number of hydrazine groups is 4. The Morgan fingerprint density at radius 3 is 1.62 bits per heavy atom. The summed E-state index contributed by atoms with van der Waals surface area (Å²) in [6.45, 7) is 4.90. The first kappa shape index (κ1) is 32.0. The Labute approximate surface area is 244 Å². The topological polar surface area (TPSA) is 207 Å². The lowest BCUT2D eigenvalue weighted by atomic mass is 9.98. The number of hydrogen-bond acceptors (Lipinski definition) is 11. The van der Waals surface area contributed by atoms with Crippen LogP contribution in [0.2, 0.25) is 0 Å². The molecule has 4 amide bonds. The van der Waals surface area contributed by atoms with Gasteiger partial charge >= 0.3 is 5.97 Å². The van der Waals surface area contributed by atoms with Gasteiger partial charge in [-0.05, 0) is 44.4 Å². The van der Waals surface area contributed by atoms with Crippen LogP contribution in [0.4, 0.5) is 0 Å². The summed E-state index contributed by atoms with van der Waals surface area (Å²) in [6, 6.07) is -4.27. The number of rotatable bonds is 7. The van der Waals surface area contributed by atoms with Crippen LogP contribution in [-0.4, -0.2) is 128 Å². The molecule has 4 rings (SSSR count). The van der Waals surface area contributed by atoms with Gasteiger partial charge in [-0.15, -0.1) is 0 Å². The number of nitrogens with one attached hydrogen (secondary N) is 4.